The molecular formula is C17H14F4N4O3. The Kier molecular flexibility index (Phi) is 5.43. The summed E-state index contributed by atoms with van der Waals surface area (Å²) in [5.41, 5.74) is 0.928. The molecule has 0 aromatic carbocycles. The van der Waals surface area contributed by atoms with E-state index in [1.54, 1.807) is 19.2 Å². The quantitative estimate of drug-likeness (QED) is 0.469. The minimum atomic E-state index is -4.59. The number of esters is 1. The van der Waals surface area contributed by atoms with Crippen LogP contribution in [-0.2, 0) is 11.3 Å². The van der Waals surface area contributed by atoms with E-state index in [0.717, 1.165) is 6.07 Å². The molecule has 3 aromatic rings. The van der Waals surface area contributed by atoms with Crippen LogP contribution in [0.5, 0.6) is 5.88 Å². The zero-order valence-electron chi connectivity index (χ0n) is 14.5. The van der Waals surface area contributed by atoms with E-state index in [0.29, 0.717) is 16.5 Å². The number of fused-ring (bicyclic) bond motifs is 1. The summed E-state index contributed by atoms with van der Waals surface area (Å²) < 4.78 is 61.1. The lowest BCUT2D eigenvalue weighted by Crippen LogP contribution is -2.20. The molecule has 0 spiro atoms. The fourth-order valence-electron chi connectivity index (χ4n) is 2.43. The van der Waals surface area contributed by atoms with Crippen LogP contribution < -0.4 is 4.74 Å². The van der Waals surface area contributed by atoms with E-state index in [1.165, 1.54) is 17.1 Å². The van der Waals surface area contributed by atoms with Crippen LogP contribution in [0.4, 0.5) is 17.6 Å². The van der Waals surface area contributed by atoms with Crippen molar-refractivity contribution in [3.63, 3.8) is 0 Å². The van der Waals surface area contributed by atoms with E-state index in [9.17, 15) is 22.4 Å². The zero-order chi connectivity index (χ0) is 20.3. The molecule has 0 N–H and O–H groups in total. The van der Waals surface area contributed by atoms with Gasteiger partial charge in [-0.15, -0.1) is 0 Å². The van der Waals surface area contributed by atoms with Gasteiger partial charge in [-0.3, -0.25) is 4.68 Å². The van der Waals surface area contributed by atoms with Crippen molar-refractivity contribution >= 4 is 16.9 Å². The molecule has 0 amide bonds. The van der Waals surface area contributed by atoms with E-state index in [1.807, 2.05) is 0 Å². The van der Waals surface area contributed by atoms with Crippen LogP contribution in [0.2, 0.25) is 0 Å². The molecule has 7 nitrogen and oxygen atoms in total. The smallest absolute Gasteiger partial charge is 0.422 e. The molecule has 0 saturated carbocycles. The molecule has 3 aromatic heterocycles. The van der Waals surface area contributed by atoms with Crippen molar-refractivity contribution in [3.8, 4) is 5.88 Å². The van der Waals surface area contributed by atoms with E-state index in [-0.39, 0.29) is 18.8 Å². The van der Waals surface area contributed by atoms with E-state index in [4.69, 9.17) is 4.74 Å². The average Bonchev–Trinajstić information content (AvgIpc) is 3.02. The van der Waals surface area contributed by atoms with Crippen LogP contribution in [0.1, 0.15) is 23.0 Å². The third-order valence-corrected chi connectivity index (χ3v) is 3.53. The Hall–Kier alpha value is -3.24. The number of rotatable bonds is 6. The Bertz CT molecular complexity index is 1000. The number of ether oxygens (including phenoxy) is 2. The van der Waals surface area contributed by atoms with Crippen LogP contribution >= 0.6 is 0 Å². The first-order valence-corrected chi connectivity index (χ1v) is 8.10. The number of pyridine rings is 2. The molecular weight excluding hydrogens is 384 g/mol. The van der Waals surface area contributed by atoms with Crippen molar-refractivity contribution in [2.24, 2.45) is 0 Å². The molecule has 0 aliphatic carbocycles. The first-order valence-electron chi connectivity index (χ1n) is 8.10. The second-order valence-corrected chi connectivity index (χ2v) is 5.67. The average molecular weight is 398 g/mol. The van der Waals surface area contributed by atoms with Crippen LogP contribution in [0.3, 0.4) is 0 Å². The first kappa shape index (κ1) is 19.5. The van der Waals surface area contributed by atoms with Gasteiger partial charge >= 0.3 is 12.1 Å². The SMILES string of the molecule is CCOC(=O)c1nccc2nn(Cc3cnc(OCC(F)(F)F)c(F)c3)cc12. The van der Waals surface area contributed by atoms with E-state index >= 15 is 0 Å². The number of carbonyl (C=O) groups is 1. The van der Waals surface area contributed by atoms with Crippen LogP contribution in [0.25, 0.3) is 10.9 Å². The summed E-state index contributed by atoms with van der Waals surface area (Å²) >= 11 is 0. The van der Waals surface area contributed by atoms with Crippen molar-refractivity contribution in [3.05, 3.63) is 47.8 Å². The van der Waals surface area contributed by atoms with Gasteiger partial charge in [-0.25, -0.2) is 19.2 Å². The number of alkyl halides is 3. The highest BCUT2D eigenvalue weighted by molar-refractivity contribution is 6.01. The largest absolute Gasteiger partial charge is 0.466 e. The summed E-state index contributed by atoms with van der Waals surface area (Å²) in [4.78, 5) is 19.5. The molecule has 0 radical (unpaired) electrons. The lowest BCUT2D eigenvalue weighted by atomic mass is 10.2. The van der Waals surface area contributed by atoms with Gasteiger partial charge in [0.1, 0.15) is 0 Å². The summed E-state index contributed by atoms with van der Waals surface area (Å²) in [5.74, 6) is -2.35. The highest BCUT2D eigenvalue weighted by atomic mass is 19.4. The summed E-state index contributed by atoms with van der Waals surface area (Å²) in [6.45, 7) is 0.300. The lowest BCUT2D eigenvalue weighted by molar-refractivity contribution is -0.154. The fraction of sp³-hybridized carbons (Fsp3) is 0.294. The Morgan fingerprint density at radius 1 is 1.29 bits per heavy atom. The monoisotopic (exact) mass is 398 g/mol. The molecule has 11 heteroatoms. The van der Waals surface area contributed by atoms with Crippen LogP contribution in [-0.4, -0.2) is 45.1 Å². The van der Waals surface area contributed by atoms with Gasteiger partial charge in [0, 0.05) is 18.6 Å². The molecule has 3 heterocycles. The van der Waals surface area contributed by atoms with Crippen molar-refractivity contribution in [1.29, 1.82) is 0 Å². The van der Waals surface area contributed by atoms with Crippen molar-refractivity contribution < 1.29 is 31.8 Å². The second kappa shape index (κ2) is 7.79. The molecule has 0 aliphatic rings. The van der Waals surface area contributed by atoms with E-state index < -0.39 is 30.4 Å². The van der Waals surface area contributed by atoms with Gasteiger partial charge < -0.3 is 9.47 Å². The second-order valence-electron chi connectivity index (χ2n) is 5.67. The highest BCUT2D eigenvalue weighted by Gasteiger charge is 2.29. The van der Waals surface area contributed by atoms with Crippen LogP contribution in [0, 0.1) is 5.82 Å². The van der Waals surface area contributed by atoms with Gasteiger partial charge in [0.15, 0.2) is 18.1 Å². The summed E-state index contributed by atoms with van der Waals surface area (Å²) in [6.07, 6.45) is -0.446. The maximum Gasteiger partial charge on any atom is 0.422 e. The van der Waals surface area contributed by atoms with Crippen LogP contribution in [0.15, 0.2) is 30.7 Å². The molecule has 148 valence electrons. The normalized spacial score (nSPS) is 11.6. The number of hydrogen-bond donors (Lipinski definition) is 0. The summed E-state index contributed by atoms with van der Waals surface area (Å²) in [7, 11) is 0. The number of halogens is 4. The molecule has 3 rings (SSSR count). The predicted octanol–water partition coefficient (Wildman–Crippen LogP) is 3.13. The van der Waals surface area contributed by atoms with Crippen molar-refractivity contribution in [2.75, 3.05) is 13.2 Å². The summed E-state index contributed by atoms with van der Waals surface area (Å²) in [6, 6.07) is 2.61. The third kappa shape index (κ3) is 4.53. The minimum Gasteiger partial charge on any atom is -0.466 e. The summed E-state index contributed by atoms with van der Waals surface area (Å²) in [5, 5.41) is 4.73. The number of hydrogen-bond acceptors (Lipinski definition) is 6. The lowest BCUT2D eigenvalue weighted by Gasteiger charge is -2.09. The molecule has 0 unspecified atom stereocenters. The zero-order valence-corrected chi connectivity index (χ0v) is 14.5. The molecule has 0 saturated heterocycles. The van der Waals surface area contributed by atoms with Gasteiger partial charge in [0.05, 0.1) is 24.1 Å². The molecule has 0 fully saturated rings. The molecule has 28 heavy (non-hydrogen) atoms. The van der Waals surface area contributed by atoms with Gasteiger partial charge in [-0.1, -0.05) is 0 Å². The van der Waals surface area contributed by atoms with Gasteiger partial charge in [0.2, 0.25) is 0 Å². The highest BCUT2D eigenvalue weighted by Crippen LogP contribution is 2.21. The van der Waals surface area contributed by atoms with Crippen molar-refractivity contribution in [1.82, 2.24) is 19.7 Å². The Labute approximate surface area is 155 Å². The maximum atomic E-state index is 13.9. The fourth-order valence-corrected chi connectivity index (χ4v) is 2.43. The predicted molar refractivity (Wildman–Crippen MR) is 88.3 cm³/mol. The Morgan fingerprint density at radius 2 is 2.07 bits per heavy atom. The first-order chi connectivity index (χ1) is 13.3. The number of nitrogens with zero attached hydrogens (tertiary/aromatic N) is 4. The molecule has 0 aliphatic heterocycles. The van der Waals surface area contributed by atoms with E-state index in [2.05, 4.69) is 19.8 Å². The standard InChI is InChI=1S/C17H14F4N4O3/c1-2-27-16(26)14-11-8-25(24-13(11)3-4-22-14)7-10-5-12(18)15(23-6-10)28-9-17(19,20)21/h3-6,8H,2,7,9H2,1H3. The minimum absolute atomic E-state index is 0.0699. The molecule has 0 bridgehead atoms. The van der Waals surface area contributed by atoms with Crippen molar-refractivity contribution in [2.45, 2.75) is 19.6 Å². The van der Waals surface area contributed by atoms with Gasteiger partial charge in [-0.05, 0) is 24.6 Å². The maximum absolute atomic E-state index is 13.9. The Balaban J connectivity index is 1.80. The number of carbonyl (C=O) groups excluding carboxylic acids is 1. The number of aromatic nitrogens is 4. The topological polar surface area (TPSA) is 79.1 Å². The van der Waals surface area contributed by atoms with Gasteiger partial charge in [0.25, 0.3) is 5.88 Å². The van der Waals surface area contributed by atoms with Gasteiger partial charge in [-0.2, -0.15) is 18.3 Å². The Morgan fingerprint density at radius 3 is 2.75 bits per heavy atom. The third-order valence-electron chi connectivity index (χ3n) is 3.53. The molecule has 0 atom stereocenters.